The Kier molecular flexibility index (Phi) is 3.78. The van der Waals surface area contributed by atoms with Gasteiger partial charge in [0.1, 0.15) is 11.4 Å². The predicted molar refractivity (Wildman–Crippen MR) is 75.8 cm³/mol. The second-order valence-corrected chi connectivity index (χ2v) is 5.51. The molecule has 1 saturated heterocycles. The van der Waals surface area contributed by atoms with E-state index in [1.165, 1.54) is 0 Å². The zero-order chi connectivity index (χ0) is 14.0. The maximum atomic E-state index is 11.3. The molecule has 1 aromatic rings. The van der Waals surface area contributed by atoms with Crippen molar-refractivity contribution in [2.24, 2.45) is 5.41 Å². The van der Waals surface area contributed by atoms with Crippen LogP contribution in [0.3, 0.4) is 0 Å². The number of carboxylic acid groups (broad SMARTS) is 1. The van der Waals surface area contributed by atoms with Crippen molar-refractivity contribution in [1.29, 1.82) is 0 Å². The van der Waals surface area contributed by atoms with E-state index in [0.29, 0.717) is 16.8 Å². The number of hydrogen-bond acceptors (Lipinski definition) is 3. The molecular weight excluding hydrogens is 240 g/mol. The molecular formula is C15H22N2O2. The van der Waals surface area contributed by atoms with Crippen LogP contribution < -0.4 is 4.90 Å². The minimum atomic E-state index is -0.895. The normalized spacial score (nSPS) is 17.7. The smallest absolute Gasteiger partial charge is 0.339 e. The monoisotopic (exact) mass is 262 g/mol. The van der Waals surface area contributed by atoms with E-state index in [1.54, 1.807) is 12.1 Å². The summed E-state index contributed by atoms with van der Waals surface area (Å²) in [6.07, 6.45) is 3.39. The van der Waals surface area contributed by atoms with Crippen LogP contribution in [-0.2, 0) is 0 Å². The summed E-state index contributed by atoms with van der Waals surface area (Å²) in [5.41, 5.74) is 1.50. The second kappa shape index (κ2) is 5.19. The SMILES string of the molecule is CCC1(CC)CCN(c2nc(C)ccc2C(=O)O)C1. The summed E-state index contributed by atoms with van der Waals surface area (Å²) < 4.78 is 0. The van der Waals surface area contributed by atoms with Crippen LogP contribution >= 0.6 is 0 Å². The van der Waals surface area contributed by atoms with Crippen LogP contribution in [0.15, 0.2) is 12.1 Å². The molecule has 1 aliphatic heterocycles. The Morgan fingerprint density at radius 3 is 2.63 bits per heavy atom. The van der Waals surface area contributed by atoms with Crippen molar-refractivity contribution in [2.45, 2.75) is 40.0 Å². The van der Waals surface area contributed by atoms with Crippen molar-refractivity contribution in [1.82, 2.24) is 4.98 Å². The third-order valence-electron chi connectivity index (χ3n) is 4.48. The average Bonchev–Trinajstić information content (AvgIpc) is 2.83. The molecule has 1 fully saturated rings. The summed E-state index contributed by atoms with van der Waals surface area (Å²) in [4.78, 5) is 17.9. The van der Waals surface area contributed by atoms with Crippen molar-refractivity contribution in [2.75, 3.05) is 18.0 Å². The van der Waals surface area contributed by atoms with Crippen LogP contribution in [-0.4, -0.2) is 29.1 Å². The van der Waals surface area contributed by atoms with Gasteiger partial charge in [-0.15, -0.1) is 0 Å². The number of anilines is 1. The van der Waals surface area contributed by atoms with E-state index in [4.69, 9.17) is 0 Å². The Balaban J connectivity index is 2.33. The molecule has 1 aromatic heterocycles. The number of aryl methyl sites for hydroxylation is 1. The van der Waals surface area contributed by atoms with E-state index in [2.05, 4.69) is 23.7 Å². The van der Waals surface area contributed by atoms with Crippen LogP contribution in [0.25, 0.3) is 0 Å². The first-order valence-corrected chi connectivity index (χ1v) is 6.97. The Labute approximate surface area is 114 Å². The maximum Gasteiger partial charge on any atom is 0.339 e. The van der Waals surface area contributed by atoms with Crippen molar-refractivity contribution in [3.63, 3.8) is 0 Å². The number of hydrogen-bond donors (Lipinski definition) is 1. The van der Waals surface area contributed by atoms with Gasteiger partial charge in [-0.3, -0.25) is 0 Å². The van der Waals surface area contributed by atoms with E-state index < -0.39 is 5.97 Å². The third kappa shape index (κ3) is 2.57. The zero-order valence-corrected chi connectivity index (χ0v) is 11.9. The van der Waals surface area contributed by atoms with Gasteiger partial charge in [-0.25, -0.2) is 9.78 Å². The van der Waals surface area contributed by atoms with Crippen LogP contribution in [0, 0.1) is 12.3 Å². The van der Waals surface area contributed by atoms with Crippen LogP contribution in [0.1, 0.15) is 49.2 Å². The average molecular weight is 262 g/mol. The van der Waals surface area contributed by atoms with E-state index in [-0.39, 0.29) is 0 Å². The lowest BCUT2D eigenvalue weighted by Gasteiger charge is -2.27. The van der Waals surface area contributed by atoms with Gasteiger partial charge in [-0.1, -0.05) is 13.8 Å². The highest BCUT2D eigenvalue weighted by atomic mass is 16.4. The molecule has 4 heteroatoms. The summed E-state index contributed by atoms with van der Waals surface area (Å²) in [5, 5.41) is 9.29. The molecule has 19 heavy (non-hydrogen) atoms. The molecule has 0 radical (unpaired) electrons. The van der Waals surface area contributed by atoms with Crippen LogP contribution in [0.5, 0.6) is 0 Å². The molecule has 2 heterocycles. The molecule has 0 aromatic carbocycles. The minimum absolute atomic E-state index is 0.314. The highest BCUT2D eigenvalue weighted by Gasteiger charge is 2.36. The fourth-order valence-electron chi connectivity index (χ4n) is 2.89. The summed E-state index contributed by atoms with van der Waals surface area (Å²) in [6.45, 7) is 8.15. The molecule has 0 amide bonds. The number of rotatable bonds is 4. The Bertz CT molecular complexity index is 481. The summed E-state index contributed by atoms with van der Waals surface area (Å²) >= 11 is 0. The van der Waals surface area contributed by atoms with Gasteiger partial charge >= 0.3 is 5.97 Å². The van der Waals surface area contributed by atoms with E-state index in [9.17, 15) is 9.90 Å². The first-order valence-electron chi connectivity index (χ1n) is 6.97. The summed E-state index contributed by atoms with van der Waals surface area (Å²) in [5.74, 6) is -0.260. The van der Waals surface area contributed by atoms with Crippen LogP contribution in [0.2, 0.25) is 0 Å². The summed E-state index contributed by atoms with van der Waals surface area (Å²) in [6, 6.07) is 3.42. The lowest BCUT2D eigenvalue weighted by atomic mass is 9.82. The van der Waals surface area contributed by atoms with Crippen molar-refractivity contribution in [3.8, 4) is 0 Å². The Morgan fingerprint density at radius 1 is 1.42 bits per heavy atom. The Hall–Kier alpha value is -1.58. The van der Waals surface area contributed by atoms with Gasteiger partial charge in [0.2, 0.25) is 0 Å². The number of nitrogens with zero attached hydrogens (tertiary/aromatic N) is 2. The molecule has 0 atom stereocenters. The highest BCUT2D eigenvalue weighted by molar-refractivity contribution is 5.93. The molecule has 0 aliphatic carbocycles. The van der Waals surface area contributed by atoms with Crippen molar-refractivity contribution in [3.05, 3.63) is 23.4 Å². The quantitative estimate of drug-likeness (QED) is 0.906. The number of aromatic carboxylic acids is 1. The van der Waals surface area contributed by atoms with Gasteiger partial charge in [-0.05, 0) is 43.7 Å². The molecule has 0 bridgehead atoms. The first-order chi connectivity index (χ1) is 9.01. The van der Waals surface area contributed by atoms with Crippen LogP contribution in [0.4, 0.5) is 5.82 Å². The highest BCUT2D eigenvalue weighted by Crippen LogP contribution is 2.39. The Morgan fingerprint density at radius 2 is 2.11 bits per heavy atom. The molecule has 2 rings (SSSR count). The van der Waals surface area contributed by atoms with Crippen molar-refractivity contribution >= 4 is 11.8 Å². The van der Waals surface area contributed by atoms with Gasteiger partial charge in [0, 0.05) is 18.8 Å². The molecule has 0 unspecified atom stereocenters. The zero-order valence-electron chi connectivity index (χ0n) is 11.9. The predicted octanol–water partition coefficient (Wildman–Crippen LogP) is 3.10. The second-order valence-electron chi connectivity index (χ2n) is 5.51. The fraction of sp³-hybridized carbons (Fsp3) is 0.600. The summed E-state index contributed by atoms with van der Waals surface area (Å²) in [7, 11) is 0. The van der Waals surface area contributed by atoms with Gasteiger partial charge < -0.3 is 10.0 Å². The standard InChI is InChI=1S/C15H22N2O2/c1-4-15(5-2)8-9-17(10-15)13-12(14(18)19)7-6-11(3)16-13/h6-7H,4-5,8-10H2,1-3H3,(H,18,19). The fourth-order valence-corrected chi connectivity index (χ4v) is 2.89. The van der Waals surface area contributed by atoms with Gasteiger partial charge in [0.25, 0.3) is 0 Å². The third-order valence-corrected chi connectivity index (χ3v) is 4.48. The molecule has 1 N–H and O–H groups in total. The number of carboxylic acids is 1. The first kappa shape index (κ1) is 13.8. The van der Waals surface area contributed by atoms with E-state index >= 15 is 0 Å². The van der Waals surface area contributed by atoms with Crippen molar-refractivity contribution < 1.29 is 9.90 Å². The number of aromatic nitrogens is 1. The largest absolute Gasteiger partial charge is 0.478 e. The molecule has 104 valence electrons. The van der Waals surface area contributed by atoms with E-state index in [1.807, 2.05) is 6.92 Å². The maximum absolute atomic E-state index is 11.3. The number of carbonyl (C=O) groups is 1. The minimum Gasteiger partial charge on any atom is -0.478 e. The van der Waals surface area contributed by atoms with E-state index in [0.717, 1.165) is 38.0 Å². The van der Waals surface area contributed by atoms with Gasteiger partial charge in [-0.2, -0.15) is 0 Å². The van der Waals surface area contributed by atoms with Gasteiger partial charge in [0.05, 0.1) is 0 Å². The molecule has 0 spiro atoms. The topological polar surface area (TPSA) is 53.4 Å². The lowest BCUT2D eigenvalue weighted by molar-refractivity contribution is 0.0697. The molecule has 0 saturated carbocycles. The molecule has 1 aliphatic rings. The van der Waals surface area contributed by atoms with Gasteiger partial charge in [0.15, 0.2) is 0 Å². The lowest BCUT2D eigenvalue weighted by Crippen LogP contribution is -2.28. The molecule has 4 nitrogen and oxygen atoms in total. The number of pyridine rings is 1.